The van der Waals surface area contributed by atoms with Crippen molar-refractivity contribution in [3.8, 4) is 5.88 Å². The van der Waals surface area contributed by atoms with Crippen LogP contribution in [0.25, 0.3) is 11.0 Å². The summed E-state index contributed by atoms with van der Waals surface area (Å²) in [7, 11) is 1.49. The van der Waals surface area contributed by atoms with Crippen LogP contribution in [0.1, 0.15) is 12.8 Å². The first kappa shape index (κ1) is 13.4. The molecule has 21 heavy (non-hydrogen) atoms. The van der Waals surface area contributed by atoms with Crippen molar-refractivity contribution in [3.05, 3.63) is 28.6 Å². The number of urea groups is 1. The van der Waals surface area contributed by atoms with Crippen molar-refractivity contribution in [1.29, 1.82) is 0 Å². The normalized spacial score (nSPS) is 14.4. The van der Waals surface area contributed by atoms with Gasteiger partial charge in [-0.25, -0.2) is 9.78 Å². The maximum atomic E-state index is 12.4. The third-order valence-electron chi connectivity index (χ3n) is 3.55. The standard InChI is InChI=1S/C14H16N4O3/c1-21-11-5-4-9-12(17-11)13(19)10(8-15-9)16-14(20)18-6-2-3-7-18/h4-5,8H,2-3,6-7H2,1H3,(H,15,19)(H,16,20). The van der Waals surface area contributed by atoms with Crippen molar-refractivity contribution in [2.75, 3.05) is 25.5 Å². The van der Waals surface area contributed by atoms with Crippen molar-refractivity contribution in [1.82, 2.24) is 14.9 Å². The van der Waals surface area contributed by atoms with E-state index in [-0.39, 0.29) is 22.7 Å². The summed E-state index contributed by atoms with van der Waals surface area (Å²) in [6.45, 7) is 1.45. The second-order valence-corrected chi connectivity index (χ2v) is 4.91. The number of ether oxygens (including phenoxy) is 1. The van der Waals surface area contributed by atoms with Gasteiger partial charge in [0, 0.05) is 25.4 Å². The minimum atomic E-state index is -0.324. The molecule has 1 aliphatic rings. The van der Waals surface area contributed by atoms with Gasteiger partial charge in [0.1, 0.15) is 11.2 Å². The molecule has 0 radical (unpaired) electrons. The number of methoxy groups -OCH3 is 1. The topological polar surface area (TPSA) is 87.3 Å². The zero-order chi connectivity index (χ0) is 14.8. The first-order valence-electron chi connectivity index (χ1n) is 6.81. The van der Waals surface area contributed by atoms with E-state index in [1.165, 1.54) is 13.3 Å². The van der Waals surface area contributed by atoms with Gasteiger partial charge in [0.15, 0.2) is 0 Å². The minimum absolute atomic E-state index is 0.195. The number of rotatable bonds is 2. The second-order valence-electron chi connectivity index (χ2n) is 4.91. The Morgan fingerprint density at radius 3 is 2.86 bits per heavy atom. The maximum Gasteiger partial charge on any atom is 0.321 e. The van der Waals surface area contributed by atoms with Gasteiger partial charge in [0.25, 0.3) is 0 Å². The number of nitrogens with zero attached hydrogens (tertiary/aromatic N) is 2. The molecule has 1 aliphatic heterocycles. The minimum Gasteiger partial charge on any atom is -0.481 e. The van der Waals surface area contributed by atoms with Crippen molar-refractivity contribution >= 4 is 22.8 Å². The highest BCUT2D eigenvalue weighted by atomic mass is 16.5. The molecule has 0 saturated carbocycles. The van der Waals surface area contributed by atoms with E-state index in [1.807, 2.05) is 0 Å². The number of hydrogen-bond acceptors (Lipinski definition) is 4. The summed E-state index contributed by atoms with van der Waals surface area (Å²) in [5, 5.41) is 2.64. The van der Waals surface area contributed by atoms with E-state index < -0.39 is 0 Å². The van der Waals surface area contributed by atoms with Crippen LogP contribution in [0, 0.1) is 0 Å². The van der Waals surface area contributed by atoms with E-state index in [9.17, 15) is 9.59 Å². The molecular weight excluding hydrogens is 272 g/mol. The second kappa shape index (κ2) is 5.43. The van der Waals surface area contributed by atoms with Gasteiger partial charge >= 0.3 is 6.03 Å². The molecule has 2 amide bonds. The number of pyridine rings is 2. The molecule has 0 atom stereocenters. The number of H-pyrrole nitrogens is 1. The highest BCUT2D eigenvalue weighted by Crippen LogP contribution is 2.14. The van der Waals surface area contributed by atoms with Gasteiger partial charge in [0.05, 0.1) is 12.6 Å². The molecule has 7 nitrogen and oxygen atoms in total. The van der Waals surface area contributed by atoms with E-state index in [1.54, 1.807) is 17.0 Å². The number of carbonyl (C=O) groups is 1. The predicted octanol–water partition coefficient (Wildman–Crippen LogP) is 1.56. The van der Waals surface area contributed by atoms with Crippen molar-refractivity contribution < 1.29 is 9.53 Å². The van der Waals surface area contributed by atoms with Gasteiger partial charge in [-0.1, -0.05) is 0 Å². The van der Waals surface area contributed by atoms with Crippen LogP contribution in [0.3, 0.4) is 0 Å². The molecule has 2 aromatic heterocycles. The molecule has 0 spiro atoms. The molecule has 1 fully saturated rings. The zero-order valence-corrected chi connectivity index (χ0v) is 11.7. The SMILES string of the molecule is COc1ccc2[nH]cc(NC(=O)N3CCCC3)c(=O)c2n1. The van der Waals surface area contributed by atoms with E-state index >= 15 is 0 Å². The van der Waals surface area contributed by atoms with Crippen LogP contribution in [0.2, 0.25) is 0 Å². The van der Waals surface area contributed by atoms with E-state index in [2.05, 4.69) is 15.3 Å². The predicted molar refractivity (Wildman–Crippen MR) is 78.7 cm³/mol. The lowest BCUT2D eigenvalue weighted by atomic mass is 10.3. The summed E-state index contributed by atoms with van der Waals surface area (Å²) < 4.78 is 5.02. The number of likely N-dealkylation sites (tertiary alicyclic amines) is 1. The van der Waals surface area contributed by atoms with Crippen LogP contribution in [-0.4, -0.2) is 41.1 Å². The van der Waals surface area contributed by atoms with Gasteiger partial charge in [0.2, 0.25) is 11.3 Å². The molecule has 0 aliphatic carbocycles. The number of carbonyl (C=O) groups excluding carboxylic acids is 1. The summed E-state index contributed by atoms with van der Waals surface area (Å²) in [5.74, 6) is 0.357. The number of nitrogens with one attached hydrogen (secondary N) is 2. The van der Waals surface area contributed by atoms with Crippen LogP contribution in [0.4, 0.5) is 10.5 Å². The monoisotopic (exact) mass is 288 g/mol. The van der Waals surface area contributed by atoms with Crippen LogP contribution in [0.5, 0.6) is 5.88 Å². The van der Waals surface area contributed by atoms with Gasteiger partial charge < -0.3 is 19.9 Å². The molecule has 0 bridgehead atoms. The number of anilines is 1. The van der Waals surface area contributed by atoms with E-state index in [0.29, 0.717) is 11.4 Å². The van der Waals surface area contributed by atoms with Gasteiger partial charge in [-0.2, -0.15) is 0 Å². The lowest BCUT2D eigenvalue weighted by Crippen LogP contribution is -2.33. The molecule has 0 unspecified atom stereocenters. The number of fused-ring (bicyclic) bond motifs is 1. The molecule has 7 heteroatoms. The van der Waals surface area contributed by atoms with Crippen LogP contribution < -0.4 is 15.5 Å². The summed E-state index contributed by atoms with van der Waals surface area (Å²) in [4.78, 5) is 33.2. The van der Waals surface area contributed by atoms with Gasteiger partial charge in [-0.3, -0.25) is 4.79 Å². The quantitative estimate of drug-likeness (QED) is 0.878. The zero-order valence-electron chi connectivity index (χ0n) is 11.7. The highest BCUT2D eigenvalue weighted by Gasteiger charge is 2.19. The number of amides is 2. The fourth-order valence-electron chi connectivity index (χ4n) is 2.39. The summed E-state index contributed by atoms with van der Waals surface area (Å²) >= 11 is 0. The smallest absolute Gasteiger partial charge is 0.321 e. The Morgan fingerprint density at radius 2 is 2.14 bits per heavy atom. The molecule has 3 rings (SSSR count). The molecule has 3 heterocycles. The van der Waals surface area contributed by atoms with E-state index in [4.69, 9.17) is 4.74 Å². The fraction of sp³-hybridized carbons (Fsp3) is 0.357. The highest BCUT2D eigenvalue weighted by molar-refractivity contribution is 5.91. The van der Waals surface area contributed by atoms with Crippen molar-refractivity contribution in [2.24, 2.45) is 0 Å². The fourth-order valence-corrected chi connectivity index (χ4v) is 2.39. The summed E-state index contributed by atoms with van der Waals surface area (Å²) in [6, 6.07) is 3.13. The third kappa shape index (κ3) is 2.54. The molecular formula is C14H16N4O3. The molecule has 1 saturated heterocycles. The lowest BCUT2D eigenvalue weighted by molar-refractivity contribution is 0.222. The molecule has 110 valence electrons. The number of aromatic nitrogens is 2. The van der Waals surface area contributed by atoms with Crippen LogP contribution in [0.15, 0.2) is 23.1 Å². The first-order chi connectivity index (χ1) is 10.2. The van der Waals surface area contributed by atoms with Crippen LogP contribution in [-0.2, 0) is 0 Å². The first-order valence-corrected chi connectivity index (χ1v) is 6.81. The Kier molecular flexibility index (Phi) is 3.47. The molecule has 2 aromatic rings. The maximum absolute atomic E-state index is 12.4. The Balaban J connectivity index is 1.93. The summed E-state index contributed by atoms with van der Waals surface area (Å²) in [5.41, 5.74) is 0.712. The third-order valence-corrected chi connectivity index (χ3v) is 3.55. The Labute approximate surface area is 120 Å². The Morgan fingerprint density at radius 1 is 1.38 bits per heavy atom. The van der Waals surface area contributed by atoms with Gasteiger partial charge in [-0.05, 0) is 18.9 Å². The van der Waals surface area contributed by atoms with Crippen LogP contribution >= 0.6 is 0 Å². The Hall–Kier alpha value is -2.57. The molecule has 0 aromatic carbocycles. The van der Waals surface area contributed by atoms with Crippen molar-refractivity contribution in [3.63, 3.8) is 0 Å². The van der Waals surface area contributed by atoms with Crippen molar-refractivity contribution in [2.45, 2.75) is 12.8 Å². The number of aromatic amines is 1. The Bertz CT molecular complexity index is 735. The largest absolute Gasteiger partial charge is 0.481 e. The lowest BCUT2D eigenvalue weighted by Gasteiger charge is -2.15. The van der Waals surface area contributed by atoms with E-state index in [0.717, 1.165) is 25.9 Å². The average Bonchev–Trinajstić information content (AvgIpc) is 3.04. The van der Waals surface area contributed by atoms with Gasteiger partial charge in [-0.15, -0.1) is 0 Å². The average molecular weight is 288 g/mol. The summed E-state index contributed by atoms with van der Waals surface area (Å²) in [6.07, 6.45) is 3.49. The number of hydrogen-bond donors (Lipinski definition) is 2. The molecule has 2 N–H and O–H groups in total.